The summed E-state index contributed by atoms with van der Waals surface area (Å²) in [6.07, 6.45) is 1.70. The van der Waals surface area contributed by atoms with E-state index in [-0.39, 0.29) is 0 Å². The van der Waals surface area contributed by atoms with E-state index in [4.69, 9.17) is 16.7 Å². The minimum atomic E-state index is -0.874. The van der Waals surface area contributed by atoms with E-state index in [0.29, 0.717) is 11.6 Å². The molecule has 2 rings (SSSR count). The molecule has 0 radical (unpaired) electrons. The van der Waals surface area contributed by atoms with Gasteiger partial charge in [0, 0.05) is 23.2 Å². The fourth-order valence-corrected chi connectivity index (χ4v) is 1.90. The number of pyridine rings is 1. The maximum absolute atomic E-state index is 10.7. The molecule has 2 aromatic rings. The van der Waals surface area contributed by atoms with Gasteiger partial charge in [-0.1, -0.05) is 17.7 Å². The second-order valence-electron chi connectivity index (χ2n) is 4.05. The van der Waals surface area contributed by atoms with Gasteiger partial charge in [0.1, 0.15) is 6.04 Å². The van der Waals surface area contributed by atoms with Gasteiger partial charge in [0.2, 0.25) is 0 Å². The minimum absolute atomic E-state index is 0.443. The third-order valence-electron chi connectivity index (χ3n) is 2.77. The molecule has 0 saturated carbocycles. The lowest BCUT2D eigenvalue weighted by Crippen LogP contribution is -2.33. The second kappa shape index (κ2) is 5.33. The Hall–Kier alpha value is -1.65. The van der Waals surface area contributed by atoms with Gasteiger partial charge in [-0.15, -0.1) is 0 Å². The van der Waals surface area contributed by atoms with Crippen molar-refractivity contribution in [2.45, 2.75) is 19.5 Å². The normalized spacial score (nSPS) is 12.6. The first kappa shape index (κ1) is 12.8. The summed E-state index contributed by atoms with van der Waals surface area (Å²) in [5.74, 6) is -0.874. The summed E-state index contributed by atoms with van der Waals surface area (Å²) in [7, 11) is 0. The number of nitrogens with one attached hydrogen (secondary N) is 1. The van der Waals surface area contributed by atoms with Crippen molar-refractivity contribution in [2.24, 2.45) is 0 Å². The van der Waals surface area contributed by atoms with E-state index in [0.717, 1.165) is 16.5 Å². The van der Waals surface area contributed by atoms with Gasteiger partial charge in [-0.2, -0.15) is 0 Å². The number of nitrogens with zero attached hydrogens (tertiary/aromatic N) is 1. The Labute approximate surface area is 110 Å². The van der Waals surface area contributed by atoms with Gasteiger partial charge >= 0.3 is 5.97 Å². The molecule has 0 aliphatic heterocycles. The highest BCUT2D eigenvalue weighted by molar-refractivity contribution is 6.35. The molecule has 1 aromatic carbocycles. The fraction of sp³-hybridized carbons (Fsp3) is 0.231. The predicted molar refractivity (Wildman–Crippen MR) is 70.7 cm³/mol. The summed E-state index contributed by atoms with van der Waals surface area (Å²) in [6, 6.07) is 6.78. The molecule has 18 heavy (non-hydrogen) atoms. The van der Waals surface area contributed by atoms with E-state index in [9.17, 15) is 4.79 Å². The van der Waals surface area contributed by atoms with Gasteiger partial charge in [0.15, 0.2) is 0 Å². The van der Waals surface area contributed by atoms with Crippen LogP contribution in [0.2, 0.25) is 5.02 Å². The van der Waals surface area contributed by atoms with Crippen molar-refractivity contribution in [1.29, 1.82) is 0 Å². The van der Waals surface area contributed by atoms with Crippen LogP contribution in [0.15, 0.2) is 30.5 Å². The minimum Gasteiger partial charge on any atom is -0.480 e. The number of carboxylic acid groups (broad SMARTS) is 1. The molecule has 0 saturated heterocycles. The zero-order valence-corrected chi connectivity index (χ0v) is 10.6. The number of carbonyl (C=O) groups is 1. The molecule has 1 heterocycles. The second-order valence-corrected chi connectivity index (χ2v) is 4.45. The zero-order chi connectivity index (χ0) is 13.1. The van der Waals surface area contributed by atoms with Gasteiger partial charge in [0.05, 0.1) is 5.52 Å². The maximum atomic E-state index is 10.7. The highest BCUT2D eigenvalue weighted by Gasteiger charge is 2.11. The van der Waals surface area contributed by atoms with Crippen LogP contribution in [0.25, 0.3) is 10.9 Å². The summed E-state index contributed by atoms with van der Waals surface area (Å²) >= 11 is 6.09. The molecule has 0 unspecified atom stereocenters. The molecular weight excluding hydrogens is 252 g/mol. The molecule has 2 N–H and O–H groups in total. The Balaban J connectivity index is 2.29. The Bertz CT molecular complexity index is 586. The molecule has 5 heteroatoms. The van der Waals surface area contributed by atoms with Crippen LogP contribution >= 0.6 is 11.6 Å². The quantitative estimate of drug-likeness (QED) is 0.890. The number of carboxylic acids is 1. The van der Waals surface area contributed by atoms with Crippen LogP contribution in [0.1, 0.15) is 12.5 Å². The molecule has 1 aromatic heterocycles. The molecule has 0 amide bonds. The van der Waals surface area contributed by atoms with Crippen LogP contribution in [0.5, 0.6) is 0 Å². The molecule has 0 fully saturated rings. The molecular formula is C13H13ClN2O2. The Morgan fingerprint density at radius 1 is 1.50 bits per heavy atom. The van der Waals surface area contributed by atoms with Crippen molar-refractivity contribution >= 4 is 28.5 Å². The highest BCUT2D eigenvalue weighted by atomic mass is 35.5. The average molecular weight is 265 g/mol. The van der Waals surface area contributed by atoms with Crippen LogP contribution in [0, 0.1) is 0 Å². The first-order chi connectivity index (χ1) is 8.59. The first-order valence-electron chi connectivity index (χ1n) is 5.58. The monoisotopic (exact) mass is 264 g/mol. The Morgan fingerprint density at radius 2 is 2.28 bits per heavy atom. The lowest BCUT2D eigenvalue weighted by molar-refractivity contribution is -0.139. The summed E-state index contributed by atoms with van der Waals surface area (Å²) in [5.41, 5.74) is 1.73. The summed E-state index contributed by atoms with van der Waals surface area (Å²) in [6.45, 7) is 2.05. The molecule has 94 valence electrons. The average Bonchev–Trinajstić information content (AvgIpc) is 2.38. The van der Waals surface area contributed by atoms with Crippen LogP contribution in [-0.2, 0) is 11.3 Å². The first-order valence-corrected chi connectivity index (χ1v) is 5.95. The Kier molecular flexibility index (Phi) is 3.79. The van der Waals surface area contributed by atoms with E-state index >= 15 is 0 Å². The van der Waals surface area contributed by atoms with E-state index in [1.807, 2.05) is 18.2 Å². The molecule has 0 spiro atoms. The molecule has 1 atom stereocenters. The molecule has 0 aliphatic rings. The van der Waals surface area contributed by atoms with E-state index in [2.05, 4.69) is 10.3 Å². The number of aliphatic carboxylic acids is 1. The van der Waals surface area contributed by atoms with Crippen molar-refractivity contribution in [2.75, 3.05) is 0 Å². The van der Waals surface area contributed by atoms with Gasteiger partial charge in [-0.25, -0.2) is 0 Å². The topological polar surface area (TPSA) is 62.2 Å². The summed E-state index contributed by atoms with van der Waals surface area (Å²) < 4.78 is 0. The number of hydrogen-bond donors (Lipinski definition) is 2. The largest absolute Gasteiger partial charge is 0.480 e. The summed E-state index contributed by atoms with van der Waals surface area (Å²) in [5, 5.41) is 13.3. The van der Waals surface area contributed by atoms with Crippen LogP contribution in [0.3, 0.4) is 0 Å². The van der Waals surface area contributed by atoms with E-state index in [1.54, 1.807) is 19.2 Å². The number of aromatic nitrogens is 1. The van der Waals surface area contributed by atoms with Crippen molar-refractivity contribution in [3.63, 3.8) is 0 Å². The van der Waals surface area contributed by atoms with Crippen molar-refractivity contribution < 1.29 is 9.90 Å². The lowest BCUT2D eigenvalue weighted by atomic mass is 10.1. The zero-order valence-electron chi connectivity index (χ0n) is 9.85. The van der Waals surface area contributed by atoms with Gasteiger partial charge in [0.25, 0.3) is 0 Å². The van der Waals surface area contributed by atoms with Crippen molar-refractivity contribution in [3.8, 4) is 0 Å². The van der Waals surface area contributed by atoms with Crippen LogP contribution < -0.4 is 5.32 Å². The van der Waals surface area contributed by atoms with E-state index < -0.39 is 12.0 Å². The van der Waals surface area contributed by atoms with Gasteiger partial charge in [-0.3, -0.25) is 9.78 Å². The summed E-state index contributed by atoms with van der Waals surface area (Å²) in [4.78, 5) is 15.0. The number of fused-ring (bicyclic) bond motifs is 1. The van der Waals surface area contributed by atoms with Gasteiger partial charge in [-0.05, 0) is 30.7 Å². The number of hydrogen-bond acceptors (Lipinski definition) is 3. The van der Waals surface area contributed by atoms with E-state index in [1.165, 1.54) is 0 Å². The fourth-order valence-electron chi connectivity index (χ4n) is 1.69. The van der Waals surface area contributed by atoms with Crippen molar-refractivity contribution in [1.82, 2.24) is 10.3 Å². The molecule has 4 nitrogen and oxygen atoms in total. The molecule has 0 bridgehead atoms. The SMILES string of the molecule is C[C@H](NCc1ccc(Cl)c2cccnc12)C(=O)O. The van der Waals surface area contributed by atoms with Gasteiger partial charge < -0.3 is 10.4 Å². The standard InChI is InChI=1S/C13H13ClN2O2/c1-8(13(17)18)16-7-9-4-5-11(14)10-3-2-6-15-12(9)10/h2-6,8,16H,7H2,1H3,(H,17,18)/t8-/m0/s1. The Morgan fingerprint density at radius 3 is 3.00 bits per heavy atom. The molecule has 0 aliphatic carbocycles. The van der Waals surface area contributed by atoms with Crippen molar-refractivity contribution in [3.05, 3.63) is 41.0 Å². The van der Waals surface area contributed by atoms with Crippen LogP contribution in [0.4, 0.5) is 0 Å². The third kappa shape index (κ3) is 2.60. The lowest BCUT2D eigenvalue weighted by Gasteiger charge is -2.11. The highest BCUT2D eigenvalue weighted by Crippen LogP contribution is 2.24. The number of benzene rings is 1. The van der Waals surface area contributed by atoms with Crippen LogP contribution in [-0.4, -0.2) is 22.1 Å². The predicted octanol–water partition coefficient (Wildman–Crippen LogP) is 2.45. The number of rotatable bonds is 4. The number of halogens is 1. The third-order valence-corrected chi connectivity index (χ3v) is 3.10. The maximum Gasteiger partial charge on any atom is 0.320 e. The smallest absolute Gasteiger partial charge is 0.320 e.